The average molecular weight is 291 g/mol. The molecule has 0 bridgehead atoms. The van der Waals surface area contributed by atoms with Gasteiger partial charge < -0.3 is 5.73 Å². The lowest BCUT2D eigenvalue weighted by atomic mass is 9.74. The number of alkyl halides is 3. The molecule has 19 heavy (non-hydrogen) atoms. The lowest BCUT2D eigenvalue weighted by Gasteiger charge is -2.36. The van der Waals surface area contributed by atoms with Crippen LogP contribution in [0.2, 0.25) is 0 Å². The average Bonchev–Trinajstić information content (AvgIpc) is 2.88. The zero-order chi connectivity index (χ0) is 13.9. The van der Waals surface area contributed by atoms with Crippen molar-refractivity contribution < 1.29 is 13.2 Å². The van der Waals surface area contributed by atoms with Crippen LogP contribution < -0.4 is 5.73 Å². The fourth-order valence-electron chi connectivity index (χ4n) is 3.06. The van der Waals surface area contributed by atoms with Gasteiger partial charge in [0.25, 0.3) is 0 Å². The molecular formula is C14H20F3NS. The molecule has 2 N–H and O–H groups in total. The van der Waals surface area contributed by atoms with E-state index < -0.39 is 18.0 Å². The molecule has 1 fully saturated rings. The molecule has 0 amide bonds. The molecule has 1 saturated carbocycles. The maximum Gasteiger partial charge on any atom is 0.392 e. The second-order valence-corrected chi connectivity index (χ2v) is 6.41. The smallest absolute Gasteiger partial charge is 0.327 e. The van der Waals surface area contributed by atoms with Gasteiger partial charge in [0.05, 0.1) is 5.92 Å². The lowest BCUT2D eigenvalue weighted by molar-refractivity contribution is -0.198. The summed E-state index contributed by atoms with van der Waals surface area (Å²) in [6, 6.07) is 3.64. The minimum absolute atomic E-state index is 0.251. The van der Waals surface area contributed by atoms with Crippen molar-refractivity contribution in [2.45, 2.75) is 50.7 Å². The topological polar surface area (TPSA) is 26.0 Å². The predicted molar refractivity (Wildman–Crippen MR) is 72.1 cm³/mol. The summed E-state index contributed by atoms with van der Waals surface area (Å²) in [5, 5.41) is 1.99. The minimum atomic E-state index is -4.09. The Kier molecular flexibility index (Phi) is 4.90. The Bertz CT molecular complexity index is 375. The maximum absolute atomic E-state index is 13.0. The van der Waals surface area contributed by atoms with Crippen molar-refractivity contribution >= 4 is 11.3 Å². The summed E-state index contributed by atoms with van der Waals surface area (Å²) >= 11 is 1.64. The van der Waals surface area contributed by atoms with E-state index in [0.29, 0.717) is 19.3 Å². The van der Waals surface area contributed by atoms with E-state index in [1.54, 1.807) is 11.3 Å². The van der Waals surface area contributed by atoms with Gasteiger partial charge in [-0.3, -0.25) is 0 Å². The van der Waals surface area contributed by atoms with Crippen molar-refractivity contribution in [1.29, 1.82) is 0 Å². The zero-order valence-corrected chi connectivity index (χ0v) is 11.6. The monoisotopic (exact) mass is 291 g/mol. The van der Waals surface area contributed by atoms with Crippen LogP contribution in [-0.2, 0) is 6.42 Å². The first kappa shape index (κ1) is 14.9. The van der Waals surface area contributed by atoms with Crippen molar-refractivity contribution in [3.8, 4) is 0 Å². The van der Waals surface area contributed by atoms with Gasteiger partial charge in [-0.05, 0) is 43.0 Å². The minimum Gasteiger partial charge on any atom is -0.327 e. The van der Waals surface area contributed by atoms with Gasteiger partial charge in [-0.25, -0.2) is 0 Å². The van der Waals surface area contributed by atoms with Gasteiger partial charge in [-0.1, -0.05) is 18.9 Å². The first-order valence-electron chi connectivity index (χ1n) is 6.83. The van der Waals surface area contributed by atoms with E-state index in [2.05, 4.69) is 0 Å². The molecule has 1 aromatic rings. The van der Waals surface area contributed by atoms with Gasteiger partial charge >= 0.3 is 6.18 Å². The summed E-state index contributed by atoms with van der Waals surface area (Å²) in [6.07, 6.45) is -0.220. The highest BCUT2D eigenvalue weighted by Gasteiger charge is 2.46. The van der Waals surface area contributed by atoms with E-state index >= 15 is 0 Å². The third-order valence-electron chi connectivity index (χ3n) is 4.09. The van der Waals surface area contributed by atoms with Crippen molar-refractivity contribution in [3.63, 3.8) is 0 Å². The standard InChI is InChI=1S/C14H20F3NS/c15-14(16,17)12-6-2-1-5-11(12)13(18)8-7-10-4-3-9-19-10/h3-4,9,11-13H,1-2,5-8,18H2. The number of nitrogens with two attached hydrogens (primary N) is 1. The molecule has 0 saturated heterocycles. The first-order chi connectivity index (χ1) is 8.98. The maximum atomic E-state index is 13.0. The molecule has 0 aromatic carbocycles. The van der Waals surface area contributed by atoms with Gasteiger partial charge in [-0.15, -0.1) is 11.3 Å². The van der Waals surface area contributed by atoms with Crippen LogP contribution >= 0.6 is 11.3 Å². The Hall–Kier alpha value is -0.550. The Morgan fingerprint density at radius 1 is 1.32 bits per heavy atom. The fraction of sp³-hybridized carbons (Fsp3) is 0.714. The molecule has 1 nitrogen and oxygen atoms in total. The van der Waals surface area contributed by atoms with E-state index in [1.807, 2.05) is 17.5 Å². The predicted octanol–water partition coefficient (Wildman–Crippen LogP) is 4.38. The summed E-state index contributed by atoms with van der Waals surface area (Å²) in [4.78, 5) is 1.20. The van der Waals surface area contributed by atoms with Crippen LogP contribution in [0.25, 0.3) is 0 Å². The summed E-state index contributed by atoms with van der Waals surface area (Å²) in [5.74, 6) is -1.59. The number of halogens is 3. The molecule has 108 valence electrons. The van der Waals surface area contributed by atoms with Crippen LogP contribution in [0.4, 0.5) is 13.2 Å². The van der Waals surface area contributed by atoms with Gasteiger partial charge in [-0.2, -0.15) is 13.2 Å². The lowest BCUT2D eigenvalue weighted by Crippen LogP contribution is -2.43. The van der Waals surface area contributed by atoms with Crippen molar-refractivity contribution in [2.24, 2.45) is 17.6 Å². The van der Waals surface area contributed by atoms with Gasteiger partial charge in [0, 0.05) is 10.9 Å². The van der Waals surface area contributed by atoms with E-state index in [-0.39, 0.29) is 12.5 Å². The number of thiophene rings is 1. The van der Waals surface area contributed by atoms with Gasteiger partial charge in [0.2, 0.25) is 0 Å². The molecule has 3 atom stereocenters. The summed E-state index contributed by atoms with van der Waals surface area (Å²) in [6.45, 7) is 0. The van der Waals surface area contributed by atoms with Crippen molar-refractivity contribution in [3.05, 3.63) is 22.4 Å². The number of hydrogen-bond donors (Lipinski definition) is 1. The van der Waals surface area contributed by atoms with E-state index in [1.165, 1.54) is 4.88 Å². The zero-order valence-electron chi connectivity index (χ0n) is 10.8. The first-order valence-corrected chi connectivity index (χ1v) is 7.71. The summed E-state index contributed by atoms with van der Waals surface area (Å²) < 4.78 is 39.0. The quantitative estimate of drug-likeness (QED) is 0.875. The number of hydrogen-bond acceptors (Lipinski definition) is 2. The van der Waals surface area contributed by atoms with Crippen LogP contribution in [0.5, 0.6) is 0 Å². The SMILES string of the molecule is NC(CCc1cccs1)C1CCCCC1C(F)(F)F. The molecule has 1 aliphatic rings. The summed E-state index contributed by atoms with van der Waals surface area (Å²) in [7, 11) is 0. The molecule has 0 aliphatic heterocycles. The largest absolute Gasteiger partial charge is 0.392 e. The second kappa shape index (κ2) is 6.27. The Labute approximate surface area is 116 Å². The third-order valence-corrected chi connectivity index (χ3v) is 5.03. The van der Waals surface area contributed by atoms with Crippen LogP contribution in [0.3, 0.4) is 0 Å². The van der Waals surface area contributed by atoms with Crippen molar-refractivity contribution in [2.75, 3.05) is 0 Å². The molecule has 1 aromatic heterocycles. The molecule has 1 aliphatic carbocycles. The van der Waals surface area contributed by atoms with Crippen LogP contribution in [0, 0.1) is 11.8 Å². The second-order valence-electron chi connectivity index (χ2n) is 5.38. The van der Waals surface area contributed by atoms with E-state index in [9.17, 15) is 13.2 Å². The molecule has 3 unspecified atom stereocenters. The Morgan fingerprint density at radius 3 is 2.68 bits per heavy atom. The third kappa shape index (κ3) is 3.96. The van der Waals surface area contributed by atoms with Crippen LogP contribution in [0.1, 0.15) is 37.0 Å². The molecule has 2 rings (SSSR count). The molecule has 0 radical (unpaired) electrons. The summed E-state index contributed by atoms with van der Waals surface area (Å²) in [5.41, 5.74) is 6.06. The van der Waals surface area contributed by atoms with Crippen LogP contribution in [0.15, 0.2) is 17.5 Å². The van der Waals surface area contributed by atoms with Gasteiger partial charge in [0.15, 0.2) is 0 Å². The van der Waals surface area contributed by atoms with Crippen LogP contribution in [-0.4, -0.2) is 12.2 Å². The normalized spacial score (nSPS) is 26.3. The highest BCUT2D eigenvalue weighted by atomic mass is 32.1. The highest BCUT2D eigenvalue weighted by Crippen LogP contribution is 2.43. The molecule has 5 heteroatoms. The van der Waals surface area contributed by atoms with E-state index in [4.69, 9.17) is 5.73 Å². The van der Waals surface area contributed by atoms with Crippen molar-refractivity contribution in [1.82, 2.24) is 0 Å². The van der Waals surface area contributed by atoms with Gasteiger partial charge in [0.1, 0.15) is 0 Å². The highest BCUT2D eigenvalue weighted by molar-refractivity contribution is 7.09. The Balaban J connectivity index is 1.93. The molecule has 1 heterocycles. The fourth-order valence-corrected chi connectivity index (χ4v) is 3.78. The number of rotatable bonds is 4. The van der Waals surface area contributed by atoms with E-state index in [0.717, 1.165) is 12.8 Å². The molecule has 0 spiro atoms. The molecular weight excluding hydrogens is 271 g/mol. The Morgan fingerprint density at radius 2 is 2.05 bits per heavy atom. The number of aryl methyl sites for hydroxylation is 1.